The molecule has 0 bridgehead atoms. The number of nitrogens with one attached hydrogen (secondary N) is 1. The molecule has 5 atom stereocenters. The second-order valence-electron chi connectivity index (χ2n) is 4.57. The average molecular weight is 272 g/mol. The molecule has 19 heavy (non-hydrogen) atoms. The first-order valence-electron chi connectivity index (χ1n) is 5.89. The largest absolute Gasteiger partial charge is 0.394 e. The van der Waals surface area contributed by atoms with E-state index in [2.05, 4.69) is 0 Å². The summed E-state index contributed by atoms with van der Waals surface area (Å²) in [6.45, 7) is 1.08. The number of aliphatic hydroxyl groups excluding tert-OH is 3. The van der Waals surface area contributed by atoms with Crippen LogP contribution in [0.4, 0.5) is 0 Å². The highest BCUT2D eigenvalue weighted by molar-refractivity contribution is 4.94. The Labute approximate surface area is 107 Å². The molecule has 0 amide bonds. The summed E-state index contributed by atoms with van der Waals surface area (Å²) in [6, 6.07) is 1.13. The second kappa shape index (κ2) is 5.25. The van der Waals surface area contributed by atoms with Crippen LogP contribution in [0.25, 0.3) is 0 Å². The molecule has 4 N–H and O–H groups in total. The Morgan fingerprint density at radius 3 is 2.68 bits per heavy atom. The number of rotatable bonds is 3. The van der Waals surface area contributed by atoms with Crippen molar-refractivity contribution in [3.05, 3.63) is 33.1 Å². The number of ether oxygens (including phenoxy) is 1. The molecule has 1 saturated heterocycles. The number of aromatic amines is 1. The fourth-order valence-electron chi connectivity index (χ4n) is 2.38. The van der Waals surface area contributed by atoms with Gasteiger partial charge in [-0.25, -0.2) is 4.79 Å². The van der Waals surface area contributed by atoms with Crippen molar-refractivity contribution in [3.63, 3.8) is 0 Å². The first-order valence-corrected chi connectivity index (χ1v) is 5.89. The van der Waals surface area contributed by atoms with Crippen molar-refractivity contribution in [1.29, 1.82) is 0 Å². The van der Waals surface area contributed by atoms with Crippen molar-refractivity contribution >= 4 is 0 Å². The first kappa shape index (κ1) is 13.9. The lowest BCUT2D eigenvalue weighted by Gasteiger charge is -2.21. The van der Waals surface area contributed by atoms with Crippen molar-refractivity contribution in [2.24, 2.45) is 5.92 Å². The van der Waals surface area contributed by atoms with Crippen molar-refractivity contribution in [2.45, 2.75) is 31.5 Å². The number of aromatic nitrogens is 2. The lowest BCUT2D eigenvalue weighted by atomic mass is 9.93. The SMILES string of the molecule is CC(O)C1C(CO)OC(n2ccc(=O)[nH]c2=O)C1O. The van der Waals surface area contributed by atoms with Crippen LogP contribution in [-0.2, 0) is 4.74 Å². The minimum atomic E-state index is -1.17. The van der Waals surface area contributed by atoms with Crippen LogP contribution in [0.5, 0.6) is 0 Å². The Morgan fingerprint density at radius 2 is 2.21 bits per heavy atom. The van der Waals surface area contributed by atoms with Gasteiger partial charge in [-0.1, -0.05) is 0 Å². The monoisotopic (exact) mass is 272 g/mol. The molecule has 1 aliphatic heterocycles. The topological polar surface area (TPSA) is 125 Å². The van der Waals surface area contributed by atoms with Gasteiger partial charge in [-0.3, -0.25) is 14.3 Å². The quantitative estimate of drug-likeness (QED) is 0.494. The lowest BCUT2D eigenvalue weighted by Crippen LogP contribution is -2.38. The zero-order valence-corrected chi connectivity index (χ0v) is 10.3. The molecule has 1 aliphatic rings. The molecule has 0 radical (unpaired) electrons. The van der Waals surface area contributed by atoms with E-state index in [1.165, 1.54) is 13.1 Å². The van der Waals surface area contributed by atoms with E-state index in [9.17, 15) is 24.9 Å². The summed E-state index contributed by atoms with van der Waals surface area (Å²) in [7, 11) is 0. The summed E-state index contributed by atoms with van der Waals surface area (Å²) in [5.74, 6) is -0.714. The van der Waals surface area contributed by atoms with Gasteiger partial charge < -0.3 is 20.1 Å². The summed E-state index contributed by atoms with van der Waals surface area (Å²) >= 11 is 0. The predicted molar refractivity (Wildman–Crippen MR) is 63.5 cm³/mol. The third kappa shape index (κ3) is 2.47. The Morgan fingerprint density at radius 1 is 1.53 bits per heavy atom. The Bertz CT molecular complexity index is 551. The Hall–Kier alpha value is -1.48. The first-order chi connectivity index (χ1) is 8.95. The Balaban J connectivity index is 2.36. The molecule has 1 fully saturated rings. The molecule has 0 aliphatic carbocycles. The van der Waals surface area contributed by atoms with Crippen molar-refractivity contribution in [2.75, 3.05) is 6.61 Å². The van der Waals surface area contributed by atoms with E-state index >= 15 is 0 Å². The molecule has 2 heterocycles. The standard InChI is InChI=1S/C11H16N2O6/c1-5(15)8-6(4-14)19-10(9(8)17)13-3-2-7(16)12-11(13)18/h2-3,5-6,8-10,14-15,17H,4H2,1H3,(H,12,16,18). The normalized spacial score (nSPS) is 32.4. The van der Waals surface area contributed by atoms with Gasteiger partial charge in [0, 0.05) is 18.2 Å². The summed E-state index contributed by atoms with van der Waals surface area (Å²) in [4.78, 5) is 24.7. The molecule has 0 spiro atoms. The molecule has 1 aromatic heterocycles. The minimum Gasteiger partial charge on any atom is -0.394 e. The van der Waals surface area contributed by atoms with Gasteiger partial charge in [0.25, 0.3) is 5.56 Å². The number of hydrogen-bond acceptors (Lipinski definition) is 6. The molecule has 0 aromatic carbocycles. The van der Waals surface area contributed by atoms with E-state index in [0.29, 0.717) is 0 Å². The van der Waals surface area contributed by atoms with E-state index < -0.39 is 41.7 Å². The van der Waals surface area contributed by atoms with E-state index in [4.69, 9.17) is 4.74 Å². The maximum atomic E-state index is 11.6. The van der Waals surface area contributed by atoms with Gasteiger partial charge in [0.15, 0.2) is 6.23 Å². The minimum absolute atomic E-state index is 0.388. The van der Waals surface area contributed by atoms with Crippen LogP contribution in [0.3, 0.4) is 0 Å². The van der Waals surface area contributed by atoms with Crippen LogP contribution in [0, 0.1) is 5.92 Å². The molecule has 8 heteroatoms. The summed E-state index contributed by atoms with van der Waals surface area (Å²) < 4.78 is 6.41. The molecular formula is C11H16N2O6. The highest BCUT2D eigenvalue weighted by atomic mass is 16.5. The van der Waals surface area contributed by atoms with E-state index in [0.717, 1.165) is 10.6 Å². The van der Waals surface area contributed by atoms with Crippen LogP contribution >= 0.6 is 0 Å². The third-order valence-electron chi connectivity index (χ3n) is 3.29. The van der Waals surface area contributed by atoms with Crippen molar-refractivity contribution in [3.8, 4) is 0 Å². The van der Waals surface area contributed by atoms with Gasteiger partial charge >= 0.3 is 5.69 Å². The van der Waals surface area contributed by atoms with Gasteiger partial charge in [-0.15, -0.1) is 0 Å². The number of nitrogens with zero attached hydrogens (tertiary/aromatic N) is 1. The van der Waals surface area contributed by atoms with Crippen LogP contribution in [0.2, 0.25) is 0 Å². The zero-order valence-electron chi connectivity index (χ0n) is 10.3. The van der Waals surface area contributed by atoms with E-state index in [1.807, 2.05) is 4.98 Å². The fourth-order valence-corrected chi connectivity index (χ4v) is 2.38. The van der Waals surface area contributed by atoms with Gasteiger partial charge in [0.05, 0.1) is 18.8 Å². The molecule has 0 saturated carbocycles. The average Bonchev–Trinajstić information content (AvgIpc) is 2.66. The molecule has 5 unspecified atom stereocenters. The molecule has 8 nitrogen and oxygen atoms in total. The second-order valence-corrected chi connectivity index (χ2v) is 4.57. The molecule has 106 valence electrons. The fraction of sp³-hybridized carbons (Fsp3) is 0.636. The number of hydrogen-bond donors (Lipinski definition) is 4. The predicted octanol–water partition coefficient (Wildman–Crippen LogP) is -2.22. The van der Waals surface area contributed by atoms with Crippen molar-refractivity contribution in [1.82, 2.24) is 9.55 Å². The smallest absolute Gasteiger partial charge is 0.330 e. The van der Waals surface area contributed by atoms with Crippen molar-refractivity contribution < 1.29 is 20.1 Å². The highest BCUT2D eigenvalue weighted by Gasteiger charge is 2.46. The van der Waals surface area contributed by atoms with Crippen LogP contribution in [0.15, 0.2) is 21.9 Å². The highest BCUT2D eigenvalue weighted by Crippen LogP contribution is 2.34. The van der Waals surface area contributed by atoms with Gasteiger partial charge in [0.1, 0.15) is 6.10 Å². The Kier molecular flexibility index (Phi) is 3.85. The number of H-pyrrole nitrogens is 1. The van der Waals surface area contributed by atoms with E-state index in [-0.39, 0.29) is 6.61 Å². The zero-order chi connectivity index (χ0) is 14.2. The van der Waals surface area contributed by atoms with Gasteiger partial charge in [-0.05, 0) is 6.92 Å². The number of aliphatic hydroxyl groups is 3. The molecule has 1 aromatic rings. The molecule has 2 rings (SSSR count). The summed E-state index contributed by atoms with van der Waals surface area (Å²) in [5.41, 5.74) is -1.28. The van der Waals surface area contributed by atoms with Crippen LogP contribution in [0.1, 0.15) is 13.2 Å². The van der Waals surface area contributed by atoms with Gasteiger partial charge in [-0.2, -0.15) is 0 Å². The third-order valence-corrected chi connectivity index (χ3v) is 3.29. The summed E-state index contributed by atoms with van der Waals surface area (Å²) in [6.07, 6.45) is -2.70. The lowest BCUT2D eigenvalue weighted by molar-refractivity contribution is -0.0546. The van der Waals surface area contributed by atoms with E-state index in [1.54, 1.807) is 0 Å². The maximum Gasteiger partial charge on any atom is 0.330 e. The molecular weight excluding hydrogens is 256 g/mol. The van der Waals surface area contributed by atoms with Crippen LogP contribution < -0.4 is 11.2 Å². The summed E-state index contributed by atoms with van der Waals surface area (Å²) in [5, 5.41) is 28.9. The van der Waals surface area contributed by atoms with Gasteiger partial charge in [0.2, 0.25) is 0 Å². The van der Waals surface area contributed by atoms with Crippen LogP contribution in [-0.4, -0.2) is 49.8 Å². The maximum absolute atomic E-state index is 11.6.